The van der Waals surface area contributed by atoms with E-state index in [1.54, 1.807) is 11.8 Å². The summed E-state index contributed by atoms with van der Waals surface area (Å²) < 4.78 is 7.50. The van der Waals surface area contributed by atoms with Crippen molar-refractivity contribution in [3.05, 3.63) is 78.5 Å². The van der Waals surface area contributed by atoms with Gasteiger partial charge < -0.3 is 14.2 Å². The topological polar surface area (TPSA) is 34.4 Å². The first-order valence-electron chi connectivity index (χ1n) is 8.69. The zero-order valence-electron chi connectivity index (χ0n) is 14.4. The Labute approximate surface area is 167 Å². The van der Waals surface area contributed by atoms with Crippen LogP contribution in [-0.4, -0.2) is 16.7 Å². The molecule has 3 nitrogen and oxygen atoms in total. The summed E-state index contributed by atoms with van der Waals surface area (Å²) >= 11 is 6.45. The van der Waals surface area contributed by atoms with Crippen LogP contribution in [0.2, 0.25) is 0 Å². The molecule has 0 radical (unpaired) electrons. The fourth-order valence-electron chi connectivity index (χ4n) is 3.49. The highest BCUT2D eigenvalue weighted by Gasteiger charge is 2.28. The molecule has 0 saturated heterocycles. The van der Waals surface area contributed by atoms with Crippen molar-refractivity contribution in [1.82, 2.24) is 4.57 Å². The monoisotopic (exact) mass is 389 g/mol. The van der Waals surface area contributed by atoms with Crippen molar-refractivity contribution in [2.45, 2.75) is 21.3 Å². The zero-order chi connectivity index (χ0) is 18.4. The molecule has 3 aromatic carbocycles. The lowest BCUT2D eigenvalue weighted by atomic mass is 9.79. The number of nitrogens with zero attached hydrogens (tertiary/aromatic N) is 1. The van der Waals surface area contributed by atoms with Gasteiger partial charge in [0.15, 0.2) is 0 Å². The predicted octanol–water partition coefficient (Wildman–Crippen LogP) is 4.29. The summed E-state index contributed by atoms with van der Waals surface area (Å²) in [5, 5.41) is 11.3. The number of aromatic nitrogens is 1. The van der Waals surface area contributed by atoms with E-state index in [0.717, 1.165) is 27.1 Å². The van der Waals surface area contributed by atoms with E-state index in [1.165, 1.54) is 15.2 Å². The maximum atomic E-state index is 10.1. The third kappa shape index (κ3) is 2.99. The van der Waals surface area contributed by atoms with Gasteiger partial charge in [-0.15, -0.1) is 12.6 Å². The Morgan fingerprint density at radius 3 is 2.67 bits per heavy atom. The van der Waals surface area contributed by atoms with Crippen molar-refractivity contribution in [2.24, 2.45) is 0 Å². The van der Waals surface area contributed by atoms with Gasteiger partial charge >= 0.3 is 7.12 Å². The molecule has 0 saturated carbocycles. The highest BCUT2D eigenvalue weighted by molar-refractivity contribution is 7.99. The Bertz CT molecular complexity index is 1140. The van der Waals surface area contributed by atoms with Crippen LogP contribution in [0.15, 0.2) is 87.6 Å². The molecular formula is C21H16BNO2S2. The van der Waals surface area contributed by atoms with Crippen molar-refractivity contribution >= 4 is 47.9 Å². The van der Waals surface area contributed by atoms with Gasteiger partial charge in [-0.25, -0.2) is 0 Å². The summed E-state index contributed by atoms with van der Waals surface area (Å²) in [4.78, 5) is 3.24. The summed E-state index contributed by atoms with van der Waals surface area (Å²) in [6.07, 6.45) is 2.14. The molecule has 5 rings (SSSR count). The van der Waals surface area contributed by atoms with Crippen LogP contribution in [0.5, 0.6) is 0 Å². The normalized spacial score (nSPS) is 13.3. The van der Waals surface area contributed by atoms with Crippen LogP contribution in [0.1, 0.15) is 5.56 Å². The molecule has 6 heteroatoms. The standard InChI is InChI=1S/C21H16BNO2S2/c24-22-17-11-19(20(26)10-14(17)13-25-22)23-12-21(16-8-4-5-9-18(16)23)27-15-6-2-1-3-7-15/h1-12,24,26H,13H2. The number of para-hydroxylation sites is 1. The third-order valence-corrected chi connectivity index (χ3v) is 6.22. The van der Waals surface area contributed by atoms with E-state index in [2.05, 4.69) is 53.2 Å². The van der Waals surface area contributed by atoms with Crippen LogP contribution in [-0.2, 0) is 11.3 Å². The van der Waals surface area contributed by atoms with Gasteiger partial charge in [0.05, 0.1) is 17.8 Å². The predicted molar refractivity (Wildman–Crippen MR) is 113 cm³/mol. The Balaban J connectivity index is 1.68. The van der Waals surface area contributed by atoms with Gasteiger partial charge in [-0.3, -0.25) is 0 Å². The number of hydrogen-bond acceptors (Lipinski definition) is 4. The van der Waals surface area contributed by atoms with Gasteiger partial charge in [0.1, 0.15) is 0 Å². The smallest absolute Gasteiger partial charge is 0.423 e. The van der Waals surface area contributed by atoms with Crippen LogP contribution in [0.3, 0.4) is 0 Å². The summed E-state index contributed by atoms with van der Waals surface area (Å²) in [6.45, 7) is 0.422. The third-order valence-electron chi connectivity index (χ3n) is 4.81. The minimum absolute atomic E-state index is 0.422. The van der Waals surface area contributed by atoms with E-state index >= 15 is 0 Å². The highest BCUT2D eigenvalue weighted by atomic mass is 32.2. The molecule has 1 aromatic heterocycles. The molecule has 1 aliphatic rings. The van der Waals surface area contributed by atoms with Crippen LogP contribution >= 0.6 is 24.4 Å². The first-order chi connectivity index (χ1) is 13.2. The van der Waals surface area contributed by atoms with Crippen LogP contribution in [0.4, 0.5) is 0 Å². The lowest BCUT2D eigenvalue weighted by molar-refractivity contribution is 0.275. The second kappa shape index (κ2) is 6.80. The maximum Gasteiger partial charge on any atom is 0.491 e. The number of fused-ring (bicyclic) bond motifs is 2. The SMILES string of the molecule is OB1OCc2cc(S)c(-n3cc(Sc4ccccc4)c4ccccc43)cc21. The fourth-order valence-corrected chi connectivity index (χ4v) is 4.80. The molecule has 27 heavy (non-hydrogen) atoms. The van der Waals surface area contributed by atoms with Crippen LogP contribution in [0, 0.1) is 0 Å². The fraction of sp³-hybridized carbons (Fsp3) is 0.0476. The van der Waals surface area contributed by atoms with Crippen molar-refractivity contribution < 1.29 is 9.68 Å². The number of thiol groups is 1. The summed E-state index contributed by atoms with van der Waals surface area (Å²) in [6, 6.07) is 22.7. The van der Waals surface area contributed by atoms with Gasteiger partial charge in [-0.05, 0) is 41.4 Å². The molecule has 0 aliphatic carbocycles. The minimum Gasteiger partial charge on any atom is -0.423 e. The van der Waals surface area contributed by atoms with E-state index in [4.69, 9.17) is 17.3 Å². The number of benzene rings is 3. The molecule has 132 valence electrons. The summed E-state index contributed by atoms with van der Waals surface area (Å²) in [5.41, 5.74) is 3.86. The summed E-state index contributed by atoms with van der Waals surface area (Å²) in [5.74, 6) is 0. The number of hydrogen-bond donors (Lipinski definition) is 2. The second-order valence-corrected chi connectivity index (χ2v) is 8.10. The quantitative estimate of drug-likeness (QED) is 0.405. The molecule has 0 amide bonds. The number of rotatable bonds is 3. The Morgan fingerprint density at radius 1 is 1.04 bits per heavy atom. The minimum atomic E-state index is -0.868. The summed E-state index contributed by atoms with van der Waals surface area (Å²) in [7, 11) is -0.868. The van der Waals surface area contributed by atoms with E-state index in [0.29, 0.717) is 6.61 Å². The Morgan fingerprint density at radius 2 is 1.81 bits per heavy atom. The van der Waals surface area contributed by atoms with Gasteiger partial charge in [-0.1, -0.05) is 48.2 Å². The van der Waals surface area contributed by atoms with E-state index in [1.807, 2.05) is 24.3 Å². The maximum absolute atomic E-state index is 10.1. The van der Waals surface area contributed by atoms with Crippen LogP contribution < -0.4 is 5.46 Å². The highest BCUT2D eigenvalue weighted by Crippen LogP contribution is 2.37. The molecule has 0 fully saturated rings. The molecule has 1 N–H and O–H groups in total. The molecule has 0 bridgehead atoms. The molecule has 0 spiro atoms. The average Bonchev–Trinajstić information content (AvgIpc) is 3.23. The van der Waals surface area contributed by atoms with Gasteiger partial charge in [0.2, 0.25) is 0 Å². The Hall–Kier alpha value is -2.12. The lowest BCUT2D eigenvalue weighted by Gasteiger charge is -2.11. The largest absolute Gasteiger partial charge is 0.491 e. The van der Waals surface area contributed by atoms with E-state index in [9.17, 15) is 5.02 Å². The van der Waals surface area contributed by atoms with Crippen molar-refractivity contribution in [2.75, 3.05) is 0 Å². The molecule has 0 atom stereocenters. The lowest BCUT2D eigenvalue weighted by Crippen LogP contribution is -2.28. The molecular weight excluding hydrogens is 373 g/mol. The first kappa shape index (κ1) is 17.0. The zero-order valence-corrected chi connectivity index (χ0v) is 16.1. The van der Waals surface area contributed by atoms with Crippen molar-refractivity contribution in [3.63, 3.8) is 0 Å². The second-order valence-electron chi connectivity index (χ2n) is 6.50. The molecule has 1 aliphatic heterocycles. The molecule has 2 heterocycles. The average molecular weight is 389 g/mol. The van der Waals surface area contributed by atoms with Gasteiger partial charge in [0, 0.05) is 26.3 Å². The first-order valence-corrected chi connectivity index (χ1v) is 9.96. The van der Waals surface area contributed by atoms with Gasteiger partial charge in [0.25, 0.3) is 0 Å². The van der Waals surface area contributed by atoms with Gasteiger partial charge in [-0.2, -0.15) is 0 Å². The van der Waals surface area contributed by atoms with E-state index in [-0.39, 0.29) is 0 Å². The van der Waals surface area contributed by atoms with Crippen molar-refractivity contribution in [1.29, 1.82) is 0 Å². The molecule has 0 unspecified atom stereocenters. The van der Waals surface area contributed by atoms with E-state index < -0.39 is 7.12 Å². The van der Waals surface area contributed by atoms with Crippen molar-refractivity contribution in [3.8, 4) is 5.69 Å². The Kier molecular flexibility index (Phi) is 4.29. The molecule has 4 aromatic rings. The van der Waals surface area contributed by atoms with Crippen LogP contribution in [0.25, 0.3) is 16.6 Å².